The lowest BCUT2D eigenvalue weighted by Gasteiger charge is -1.90. The van der Waals surface area contributed by atoms with Gasteiger partial charge in [-0.2, -0.15) is 0 Å². The van der Waals surface area contributed by atoms with Crippen molar-refractivity contribution in [1.82, 2.24) is 0 Å². The van der Waals surface area contributed by atoms with Gasteiger partial charge in [0.05, 0.1) is 0 Å². The zero-order chi connectivity index (χ0) is 5.98. The van der Waals surface area contributed by atoms with E-state index in [1.807, 2.05) is 0 Å². The lowest BCUT2D eigenvalue weighted by atomic mass is 10.8. The van der Waals surface area contributed by atoms with Crippen LogP contribution in [0.25, 0.3) is 0 Å². The second kappa shape index (κ2) is 1.61. The van der Waals surface area contributed by atoms with Crippen molar-refractivity contribution in [2.75, 3.05) is 0 Å². The molecule has 0 amide bonds. The third kappa shape index (κ3) is 0.810. The number of guanidine groups is 1. The van der Waals surface area contributed by atoms with E-state index >= 15 is 0 Å². The highest BCUT2D eigenvalue weighted by molar-refractivity contribution is 5.77. The molecule has 1 N–H and O–H groups in total. The predicted molar refractivity (Wildman–Crippen MR) is 26.6 cm³/mol. The Bertz CT molecular complexity index is 150. The highest BCUT2D eigenvalue weighted by Gasteiger charge is 1.95. The quantitative estimate of drug-likeness (QED) is 0.487. The van der Waals surface area contributed by atoms with E-state index in [0.717, 1.165) is 0 Å². The molecular formula is C3H3N5. The molecule has 0 saturated heterocycles. The number of nitrogens with zero attached hydrogens (tertiary/aromatic N) is 4. The van der Waals surface area contributed by atoms with Crippen LogP contribution in [0.5, 0.6) is 0 Å². The fourth-order valence-corrected chi connectivity index (χ4v) is 0.250. The molecule has 5 nitrogen and oxygen atoms in total. The van der Waals surface area contributed by atoms with E-state index in [2.05, 4.69) is 27.0 Å². The van der Waals surface area contributed by atoms with Crippen molar-refractivity contribution < 1.29 is 0 Å². The third-order valence-corrected chi connectivity index (χ3v) is 0.520. The molecule has 0 aliphatic carbocycles. The molecular weight excluding hydrogens is 106 g/mol. The minimum atomic E-state index is -0.183. The minimum Gasteiger partial charge on any atom is -0.263 e. The molecule has 0 atom stereocenters. The minimum absolute atomic E-state index is 0.183. The van der Waals surface area contributed by atoms with Crippen LogP contribution >= 0.6 is 0 Å². The van der Waals surface area contributed by atoms with Crippen LogP contribution in [0.3, 0.4) is 0 Å². The molecule has 1 heterocycles. The predicted octanol–water partition coefficient (Wildman–Crippen LogP) is 1.31. The van der Waals surface area contributed by atoms with Crippen LogP contribution < -0.4 is 0 Å². The molecule has 0 saturated carbocycles. The van der Waals surface area contributed by atoms with Crippen LogP contribution in [-0.2, 0) is 0 Å². The largest absolute Gasteiger partial charge is 0.280 e. The topological polar surface area (TPSA) is 73.3 Å². The average Bonchev–Trinajstić information content (AvgIpc) is 1.77. The molecule has 1 rings (SSSR count). The van der Waals surface area contributed by atoms with E-state index in [1.165, 1.54) is 0 Å². The van der Waals surface area contributed by atoms with E-state index in [0.29, 0.717) is 0 Å². The van der Waals surface area contributed by atoms with Gasteiger partial charge in [0, 0.05) is 0 Å². The highest BCUT2D eigenvalue weighted by Crippen LogP contribution is 2.02. The maximum atomic E-state index is 6.72. The van der Waals surface area contributed by atoms with Gasteiger partial charge in [-0.15, -0.1) is 20.5 Å². The zero-order valence-electron chi connectivity index (χ0n) is 4.00. The number of rotatable bonds is 0. The maximum Gasteiger partial charge on any atom is 0.280 e. The van der Waals surface area contributed by atoms with E-state index in [-0.39, 0.29) is 11.8 Å². The van der Waals surface area contributed by atoms with Gasteiger partial charge in [0.1, 0.15) is 0 Å². The summed E-state index contributed by atoms with van der Waals surface area (Å²) in [5, 5.41) is 19.9. The molecule has 0 aromatic heterocycles. The summed E-state index contributed by atoms with van der Waals surface area (Å²) >= 11 is 0. The number of hydrogen-bond acceptors (Lipinski definition) is 3. The second-order valence-corrected chi connectivity index (χ2v) is 1.14. The van der Waals surface area contributed by atoms with Crippen molar-refractivity contribution in [2.24, 2.45) is 20.5 Å². The van der Waals surface area contributed by atoms with Gasteiger partial charge in [-0.05, 0) is 0 Å². The monoisotopic (exact) mass is 109 g/mol. The molecule has 0 radical (unpaired) electrons. The summed E-state index contributed by atoms with van der Waals surface area (Å²) < 4.78 is 0. The summed E-state index contributed by atoms with van der Waals surface area (Å²) in [7, 11) is 0. The van der Waals surface area contributed by atoms with Gasteiger partial charge >= 0.3 is 0 Å². The number of hydrogen-bond donors (Lipinski definition) is 1. The Hall–Kier alpha value is -1.39. The van der Waals surface area contributed by atoms with E-state index in [9.17, 15) is 0 Å². The highest BCUT2D eigenvalue weighted by atomic mass is 15.4. The van der Waals surface area contributed by atoms with E-state index in [4.69, 9.17) is 5.41 Å². The van der Waals surface area contributed by atoms with Gasteiger partial charge in [-0.3, -0.25) is 5.41 Å². The van der Waals surface area contributed by atoms with Gasteiger partial charge in [-0.25, -0.2) is 0 Å². The van der Waals surface area contributed by atoms with Crippen LogP contribution in [0.1, 0.15) is 0 Å². The molecule has 0 unspecified atom stereocenters. The van der Waals surface area contributed by atoms with Crippen LogP contribution in [0.15, 0.2) is 32.9 Å². The Balaban J connectivity index is 2.83. The average molecular weight is 109 g/mol. The van der Waals surface area contributed by atoms with Crippen LogP contribution in [-0.4, -0.2) is 5.96 Å². The third-order valence-electron chi connectivity index (χ3n) is 0.520. The molecule has 0 spiro atoms. The molecule has 0 bridgehead atoms. The Kier molecular flexibility index (Phi) is 0.957. The lowest BCUT2D eigenvalue weighted by molar-refractivity contribution is 0.985. The molecule has 8 heavy (non-hydrogen) atoms. The standard InChI is InChI=1S/C3H3N5/c1-2-5-7-3(4)8-6-2/h4H,1H2. The fraction of sp³-hybridized carbons (Fsp3) is 0. The first-order valence-electron chi connectivity index (χ1n) is 1.90. The van der Waals surface area contributed by atoms with Crippen LogP contribution in [0, 0.1) is 5.41 Å². The lowest BCUT2D eigenvalue weighted by Crippen LogP contribution is -1.86. The van der Waals surface area contributed by atoms with Gasteiger partial charge in [0.25, 0.3) is 5.96 Å². The van der Waals surface area contributed by atoms with Crippen LogP contribution in [0.4, 0.5) is 0 Å². The second-order valence-electron chi connectivity index (χ2n) is 1.14. The van der Waals surface area contributed by atoms with E-state index in [1.54, 1.807) is 0 Å². The van der Waals surface area contributed by atoms with Crippen LogP contribution in [0.2, 0.25) is 0 Å². The van der Waals surface area contributed by atoms with Crippen molar-refractivity contribution >= 4 is 5.96 Å². The first kappa shape index (κ1) is 4.76. The molecule has 1 aliphatic heterocycles. The molecule has 0 fully saturated rings. The number of azo groups is 2. The first-order valence-corrected chi connectivity index (χ1v) is 1.90. The SMILES string of the molecule is C=C1N=NC(=N)N=N1. The van der Waals surface area contributed by atoms with Crippen molar-refractivity contribution in [3.8, 4) is 0 Å². The van der Waals surface area contributed by atoms with Crippen molar-refractivity contribution in [3.05, 3.63) is 12.4 Å². The van der Waals surface area contributed by atoms with Gasteiger partial charge < -0.3 is 0 Å². The summed E-state index contributed by atoms with van der Waals surface area (Å²) in [6.07, 6.45) is 0. The van der Waals surface area contributed by atoms with Gasteiger partial charge in [-0.1, -0.05) is 6.58 Å². The molecule has 0 aromatic carbocycles. The Morgan fingerprint density at radius 2 is 1.62 bits per heavy atom. The number of nitrogens with one attached hydrogen (secondary N) is 1. The Morgan fingerprint density at radius 1 is 1.12 bits per heavy atom. The van der Waals surface area contributed by atoms with Crippen molar-refractivity contribution in [1.29, 1.82) is 5.41 Å². The summed E-state index contributed by atoms with van der Waals surface area (Å²) in [5.74, 6) is 0.0541. The Labute approximate surface area is 45.4 Å². The summed E-state index contributed by atoms with van der Waals surface area (Å²) in [6, 6.07) is 0. The molecule has 1 aliphatic rings. The molecule has 5 heteroatoms. The molecule has 0 aromatic rings. The van der Waals surface area contributed by atoms with E-state index < -0.39 is 0 Å². The van der Waals surface area contributed by atoms with Gasteiger partial charge in [0.15, 0.2) is 5.82 Å². The summed E-state index contributed by atoms with van der Waals surface area (Å²) in [4.78, 5) is 0. The summed E-state index contributed by atoms with van der Waals surface area (Å²) in [6.45, 7) is 3.33. The van der Waals surface area contributed by atoms with Gasteiger partial charge in [0.2, 0.25) is 0 Å². The smallest absolute Gasteiger partial charge is 0.263 e. The van der Waals surface area contributed by atoms with Crippen molar-refractivity contribution in [3.63, 3.8) is 0 Å². The first-order chi connectivity index (χ1) is 3.79. The zero-order valence-corrected chi connectivity index (χ0v) is 4.00. The Morgan fingerprint density at radius 3 is 2.00 bits per heavy atom. The normalized spacial score (nSPS) is 17.5. The maximum absolute atomic E-state index is 6.72. The van der Waals surface area contributed by atoms with Crippen molar-refractivity contribution in [2.45, 2.75) is 0 Å². The fourth-order valence-electron chi connectivity index (χ4n) is 0.250. The molecule has 40 valence electrons. The summed E-state index contributed by atoms with van der Waals surface area (Å²) in [5.41, 5.74) is 0.